The van der Waals surface area contributed by atoms with Gasteiger partial charge in [0.1, 0.15) is 28.0 Å². The van der Waals surface area contributed by atoms with Crippen LogP contribution in [0.5, 0.6) is 17.2 Å². The second-order valence-electron chi connectivity index (χ2n) is 12.5. The van der Waals surface area contributed by atoms with Gasteiger partial charge in [-0.15, -0.1) is 0 Å². The van der Waals surface area contributed by atoms with Gasteiger partial charge in [-0.05, 0) is 79.4 Å². The lowest BCUT2D eigenvalue weighted by Crippen LogP contribution is -2.53. The lowest BCUT2D eigenvalue weighted by atomic mass is 9.86. The Kier molecular flexibility index (Phi) is 12.0. The van der Waals surface area contributed by atoms with Gasteiger partial charge in [-0.3, -0.25) is 9.80 Å². The normalized spacial score (nSPS) is 18.4. The molecule has 2 atom stereocenters. The van der Waals surface area contributed by atoms with Crippen molar-refractivity contribution in [2.75, 3.05) is 38.8 Å². The van der Waals surface area contributed by atoms with Gasteiger partial charge in [0.25, 0.3) is 0 Å². The number of anilines is 1. The highest BCUT2D eigenvalue weighted by molar-refractivity contribution is 6.35. The minimum atomic E-state index is -3.06. The van der Waals surface area contributed by atoms with Crippen molar-refractivity contribution in [3.63, 3.8) is 0 Å². The Hall–Kier alpha value is -4.65. The van der Waals surface area contributed by atoms with Crippen molar-refractivity contribution in [3.8, 4) is 17.2 Å². The van der Waals surface area contributed by atoms with Crippen LogP contribution in [0.3, 0.4) is 0 Å². The van der Waals surface area contributed by atoms with E-state index in [1.54, 1.807) is 60.8 Å². The Morgan fingerprint density at radius 1 is 0.923 bits per heavy atom. The molecule has 3 aliphatic rings. The molecule has 4 heterocycles. The molecule has 0 saturated carbocycles. The molecule has 52 heavy (non-hydrogen) atoms. The van der Waals surface area contributed by atoms with E-state index >= 15 is 0 Å². The number of fused-ring (bicyclic) bond motifs is 3. The Morgan fingerprint density at radius 3 is 2.25 bits per heavy atom. The van der Waals surface area contributed by atoms with E-state index in [-0.39, 0.29) is 36.1 Å². The third kappa shape index (κ3) is 8.68. The van der Waals surface area contributed by atoms with E-state index in [0.29, 0.717) is 38.5 Å². The van der Waals surface area contributed by atoms with Crippen molar-refractivity contribution in [1.82, 2.24) is 4.90 Å². The molecule has 3 fully saturated rings. The summed E-state index contributed by atoms with van der Waals surface area (Å²) in [5.41, 5.74) is 2.44. The number of benzene rings is 3. The highest BCUT2D eigenvalue weighted by Crippen LogP contribution is 2.37. The van der Waals surface area contributed by atoms with Gasteiger partial charge < -0.3 is 23.7 Å². The summed E-state index contributed by atoms with van der Waals surface area (Å²) in [5, 5.41) is 0.628. The van der Waals surface area contributed by atoms with Crippen LogP contribution in [0.4, 0.5) is 19.3 Å². The van der Waals surface area contributed by atoms with E-state index < -0.39 is 24.8 Å². The Labute approximate surface area is 310 Å². The Balaban J connectivity index is 1.23. The summed E-state index contributed by atoms with van der Waals surface area (Å²) in [6.45, 7) is -0.156. The van der Waals surface area contributed by atoms with Gasteiger partial charge in [-0.25, -0.2) is 14.6 Å². The molecule has 4 aromatic rings. The number of pyridine rings is 1. The van der Waals surface area contributed by atoms with Gasteiger partial charge >= 0.3 is 18.7 Å². The van der Waals surface area contributed by atoms with Crippen LogP contribution in [0.1, 0.15) is 46.0 Å². The second kappa shape index (κ2) is 16.8. The van der Waals surface area contributed by atoms with E-state index in [1.807, 2.05) is 12.1 Å². The lowest BCUT2D eigenvalue weighted by Gasteiger charge is -2.44. The molecule has 274 valence electrons. The number of esters is 1. The van der Waals surface area contributed by atoms with E-state index in [2.05, 4.69) is 14.6 Å². The molecule has 0 spiro atoms. The van der Waals surface area contributed by atoms with Crippen molar-refractivity contribution < 1.29 is 47.0 Å². The zero-order valence-corrected chi connectivity index (χ0v) is 30.0. The number of hydrogen-bond acceptors (Lipinski definition) is 8. The first-order valence-electron chi connectivity index (χ1n) is 16.7. The third-order valence-corrected chi connectivity index (χ3v) is 10.1. The first-order chi connectivity index (χ1) is 25.1. The molecule has 7 rings (SSSR count). The number of aromatic amines is 1. The fourth-order valence-corrected chi connectivity index (χ4v) is 7.16. The molecule has 3 aromatic carbocycles. The first kappa shape index (κ1) is 37.1. The zero-order valence-electron chi connectivity index (χ0n) is 28.5. The van der Waals surface area contributed by atoms with Crippen LogP contribution in [0.15, 0.2) is 79.1 Å². The highest BCUT2D eigenvalue weighted by Gasteiger charge is 2.38. The molecule has 1 N–H and O–H groups in total. The number of hydrogen-bond donors (Lipinski definition) is 0. The molecule has 14 heteroatoms. The molecule has 10 nitrogen and oxygen atoms in total. The number of rotatable bonds is 13. The van der Waals surface area contributed by atoms with Crippen LogP contribution >= 0.6 is 23.2 Å². The Bertz CT molecular complexity index is 1860. The third-order valence-electron chi connectivity index (χ3n) is 9.39. The molecule has 3 aliphatic heterocycles. The van der Waals surface area contributed by atoms with Crippen LogP contribution in [-0.2, 0) is 22.4 Å². The van der Waals surface area contributed by atoms with Gasteiger partial charge in [0, 0.05) is 18.5 Å². The number of nitrogens with zero attached hydrogens (tertiary/aromatic N) is 2. The van der Waals surface area contributed by atoms with Crippen molar-refractivity contribution in [2.24, 2.45) is 5.92 Å². The SMILES string of the molecule is COc1cc([C@H](Cc2c(Cl)c[nH+]cc2Cl)OC(=O)c2ccc(CN(C(=O)O[C@H]3CN4CCC3CC4)c3ccccc3OC)cc2)ccc1OC(F)F. The predicted octanol–water partition coefficient (Wildman–Crippen LogP) is 7.80. The number of ether oxygens (including phenoxy) is 5. The predicted molar refractivity (Wildman–Crippen MR) is 190 cm³/mol. The molecule has 0 unspecified atom stereocenters. The minimum Gasteiger partial charge on any atom is -0.495 e. The molecule has 0 radical (unpaired) electrons. The summed E-state index contributed by atoms with van der Waals surface area (Å²) in [7, 11) is 2.86. The summed E-state index contributed by atoms with van der Waals surface area (Å²) >= 11 is 12.9. The summed E-state index contributed by atoms with van der Waals surface area (Å²) < 4.78 is 53.6. The van der Waals surface area contributed by atoms with E-state index in [4.69, 9.17) is 42.1 Å². The van der Waals surface area contributed by atoms with Gasteiger partial charge in [0.05, 0.1) is 32.0 Å². The zero-order chi connectivity index (χ0) is 36.8. The number of halogens is 4. The number of para-hydroxylation sites is 2. The average molecular weight is 758 g/mol. The summed E-state index contributed by atoms with van der Waals surface area (Å²) in [4.78, 5) is 34.1. The molecule has 2 bridgehead atoms. The quantitative estimate of drug-likeness (QED) is 0.128. The van der Waals surface area contributed by atoms with Crippen LogP contribution in [0.25, 0.3) is 0 Å². The minimum absolute atomic E-state index is 0.0217. The van der Waals surface area contributed by atoms with Gasteiger partial charge in [0.2, 0.25) is 0 Å². The number of H-pyrrole nitrogens is 1. The standard InChI is InChI=1S/C38H37Cl2F2N3O7/c1-48-31-6-4-3-5-30(31)45(38(47)52-35-22-44-15-13-24(35)14-16-44)21-23-7-9-25(10-8-23)36(46)50-33(18-27-28(39)19-43-20-29(27)40)26-11-12-32(51-37(41)42)34(17-26)49-2/h3-12,17,19-20,24,33,35,37H,13-16,18,21-22H2,1-2H3/p+1/t33-,35-/m0/s1. The summed E-state index contributed by atoms with van der Waals surface area (Å²) in [6, 6.07) is 18.2. The maximum absolute atomic E-state index is 13.8. The molecular formula is C38H38Cl2F2N3O7+. The summed E-state index contributed by atoms with van der Waals surface area (Å²) in [6.07, 6.45) is 3.52. The monoisotopic (exact) mass is 756 g/mol. The topological polar surface area (TPSA) is 101 Å². The van der Waals surface area contributed by atoms with Gasteiger partial charge in [-0.1, -0.05) is 53.5 Å². The van der Waals surface area contributed by atoms with Crippen LogP contribution in [0, 0.1) is 5.92 Å². The largest absolute Gasteiger partial charge is 0.495 e. The lowest BCUT2D eigenvalue weighted by molar-refractivity contribution is -0.377. The molecule has 1 amide bonds. The van der Waals surface area contributed by atoms with Gasteiger partial charge in [0.15, 0.2) is 23.9 Å². The molecular weight excluding hydrogens is 719 g/mol. The number of aromatic nitrogens is 1. The van der Waals surface area contributed by atoms with Crippen LogP contribution < -0.4 is 24.1 Å². The molecule has 1 aromatic heterocycles. The number of piperidine rings is 3. The van der Waals surface area contributed by atoms with E-state index in [1.165, 1.54) is 25.3 Å². The number of nitrogens with one attached hydrogen (secondary N) is 1. The molecule has 3 saturated heterocycles. The van der Waals surface area contributed by atoms with Gasteiger partial charge in [-0.2, -0.15) is 8.78 Å². The number of carbonyl (C=O) groups excluding carboxylic acids is 2. The van der Waals surface area contributed by atoms with Crippen LogP contribution in [0.2, 0.25) is 10.0 Å². The van der Waals surface area contributed by atoms with E-state index in [9.17, 15) is 18.4 Å². The average Bonchev–Trinajstić information content (AvgIpc) is 3.15. The number of alkyl halides is 2. The maximum Gasteiger partial charge on any atom is 0.415 e. The summed E-state index contributed by atoms with van der Waals surface area (Å²) in [5.74, 6) is 0.0263. The fraction of sp³-hybridized carbons (Fsp3) is 0.342. The van der Waals surface area contributed by atoms with E-state index in [0.717, 1.165) is 38.0 Å². The number of carbonyl (C=O) groups is 2. The maximum atomic E-state index is 13.8. The van der Waals surface area contributed by atoms with Crippen LogP contribution in [-0.4, -0.2) is 63.5 Å². The van der Waals surface area contributed by atoms with Crippen molar-refractivity contribution >= 4 is 41.0 Å². The molecule has 0 aliphatic carbocycles. The number of methoxy groups -OCH3 is 2. The Morgan fingerprint density at radius 2 is 1.62 bits per heavy atom. The smallest absolute Gasteiger partial charge is 0.415 e. The highest BCUT2D eigenvalue weighted by atomic mass is 35.5. The van der Waals surface area contributed by atoms with Crippen molar-refractivity contribution in [1.29, 1.82) is 0 Å². The second-order valence-corrected chi connectivity index (χ2v) is 13.3. The fourth-order valence-electron chi connectivity index (χ4n) is 6.63. The number of amides is 1. The van der Waals surface area contributed by atoms with Crippen molar-refractivity contribution in [3.05, 3.63) is 111 Å². The first-order valence-corrected chi connectivity index (χ1v) is 17.5. The van der Waals surface area contributed by atoms with Crippen molar-refractivity contribution in [2.45, 2.75) is 44.6 Å².